The molecule has 2 heterocycles. The normalized spacial score (nSPS) is 19.3. The van der Waals surface area contributed by atoms with Gasteiger partial charge >= 0.3 is 0 Å². The van der Waals surface area contributed by atoms with E-state index in [0.717, 1.165) is 0 Å². The number of benzene rings is 1. The highest BCUT2D eigenvalue weighted by Crippen LogP contribution is 2.24. The Bertz CT molecular complexity index is 939. The van der Waals surface area contributed by atoms with Crippen molar-refractivity contribution in [2.45, 2.75) is 23.2 Å². The van der Waals surface area contributed by atoms with Crippen LogP contribution in [0, 0.1) is 5.82 Å². The molecule has 0 unspecified atom stereocenters. The summed E-state index contributed by atoms with van der Waals surface area (Å²) in [5, 5.41) is -0.764. The summed E-state index contributed by atoms with van der Waals surface area (Å²) in [5.41, 5.74) is 0.335. The van der Waals surface area contributed by atoms with E-state index in [1.165, 1.54) is 34.8 Å². The van der Waals surface area contributed by atoms with E-state index in [0.29, 0.717) is 11.3 Å². The zero-order valence-electron chi connectivity index (χ0n) is 13.3. The molecule has 0 radical (unpaired) electrons. The van der Waals surface area contributed by atoms with Gasteiger partial charge in [0, 0.05) is 13.1 Å². The molecular weight excluding hydrogens is 369 g/mol. The molecule has 1 aliphatic rings. The van der Waals surface area contributed by atoms with Crippen LogP contribution >= 0.6 is 0 Å². The molecule has 136 valence electrons. The van der Waals surface area contributed by atoms with Crippen LogP contribution < -0.4 is 0 Å². The van der Waals surface area contributed by atoms with Crippen molar-refractivity contribution in [1.82, 2.24) is 4.31 Å². The van der Waals surface area contributed by atoms with Crippen molar-refractivity contribution in [1.29, 1.82) is 0 Å². The number of hydrogen-bond acceptors (Lipinski definition) is 5. The van der Waals surface area contributed by atoms with Gasteiger partial charge in [0.1, 0.15) is 17.3 Å². The first kappa shape index (κ1) is 18.1. The summed E-state index contributed by atoms with van der Waals surface area (Å²) in [6, 6.07) is 8.56. The molecule has 0 bridgehead atoms. The molecule has 9 heteroatoms. The van der Waals surface area contributed by atoms with E-state index in [9.17, 15) is 21.2 Å². The van der Waals surface area contributed by atoms with E-state index in [1.807, 2.05) is 0 Å². The zero-order valence-corrected chi connectivity index (χ0v) is 15.0. The summed E-state index contributed by atoms with van der Waals surface area (Å²) in [7, 11) is -7.22. The quantitative estimate of drug-likeness (QED) is 0.756. The Balaban J connectivity index is 1.69. The van der Waals surface area contributed by atoms with Crippen molar-refractivity contribution in [2.75, 3.05) is 13.1 Å². The SMILES string of the molecule is O=S(=O)(Cc1ccco1)[C@@H]1CCN(S(=O)(=O)Cc2cccc(F)c2)C1. The van der Waals surface area contributed by atoms with Gasteiger partial charge in [-0.25, -0.2) is 25.5 Å². The average Bonchev–Trinajstić information content (AvgIpc) is 3.17. The van der Waals surface area contributed by atoms with E-state index < -0.39 is 30.9 Å². The standard InChI is InChI=1S/C16H18FNO5S2/c17-14-4-1-3-13(9-14)11-25(21,22)18-7-6-16(10-18)24(19,20)12-15-5-2-8-23-15/h1-5,8-9,16H,6-7,10-12H2/t16-/m1/s1. The molecule has 1 fully saturated rings. The maximum Gasteiger partial charge on any atom is 0.218 e. The van der Waals surface area contributed by atoms with Gasteiger partial charge in [-0.1, -0.05) is 12.1 Å². The number of nitrogens with zero attached hydrogens (tertiary/aromatic N) is 1. The Morgan fingerprint density at radius 1 is 1.12 bits per heavy atom. The minimum absolute atomic E-state index is 0.0826. The number of hydrogen-bond donors (Lipinski definition) is 0. The molecular formula is C16H18FNO5S2. The second-order valence-corrected chi connectivity index (χ2v) is 10.3. The molecule has 0 aliphatic carbocycles. The average molecular weight is 387 g/mol. The number of rotatable bonds is 6. The maximum atomic E-state index is 13.2. The van der Waals surface area contributed by atoms with Crippen LogP contribution in [0.15, 0.2) is 47.1 Å². The second kappa shape index (κ2) is 6.89. The van der Waals surface area contributed by atoms with Gasteiger partial charge < -0.3 is 4.42 Å². The van der Waals surface area contributed by atoms with Crippen molar-refractivity contribution >= 4 is 19.9 Å². The molecule has 1 saturated heterocycles. The number of furan rings is 1. The van der Waals surface area contributed by atoms with Gasteiger partial charge in [-0.3, -0.25) is 0 Å². The molecule has 1 atom stereocenters. The predicted molar refractivity (Wildman–Crippen MR) is 90.3 cm³/mol. The molecule has 0 N–H and O–H groups in total. The van der Waals surface area contributed by atoms with Crippen molar-refractivity contribution in [3.8, 4) is 0 Å². The molecule has 1 aliphatic heterocycles. The Morgan fingerprint density at radius 3 is 2.60 bits per heavy atom. The summed E-state index contributed by atoms with van der Waals surface area (Å²) in [6.45, 7) is 0.0559. The Labute approximate surface area is 146 Å². The molecule has 2 aromatic rings. The molecule has 0 spiro atoms. The van der Waals surface area contributed by atoms with Crippen LogP contribution in [-0.2, 0) is 31.4 Å². The fourth-order valence-electron chi connectivity index (χ4n) is 2.88. The first-order valence-electron chi connectivity index (χ1n) is 7.72. The van der Waals surface area contributed by atoms with Gasteiger partial charge in [0.15, 0.2) is 9.84 Å². The van der Waals surface area contributed by atoms with Crippen LogP contribution in [0.5, 0.6) is 0 Å². The van der Waals surface area contributed by atoms with Crippen LogP contribution in [0.3, 0.4) is 0 Å². The van der Waals surface area contributed by atoms with Crippen LogP contribution in [0.2, 0.25) is 0 Å². The third-order valence-corrected chi connectivity index (χ3v) is 8.07. The molecule has 0 saturated carbocycles. The smallest absolute Gasteiger partial charge is 0.218 e. The highest BCUT2D eigenvalue weighted by Gasteiger charge is 2.38. The summed E-state index contributed by atoms with van der Waals surface area (Å²) in [4.78, 5) is 0. The van der Waals surface area contributed by atoms with Crippen molar-refractivity contribution in [2.24, 2.45) is 0 Å². The third-order valence-electron chi connectivity index (χ3n) is 4.17. The Morgan fingerprint density at radius 2 is 1.92 bits per heavy atom. The number of halogens is 1. The fourth-order valence-corrected chi connectivity index (χ4v) is 6.22. The van der Waals surface area contributed by atoms with Gasteiger partial charge in [0.25, 0.3) is 0 Å². The summed E-state index contributed by atoms with van der Waals surface area (Å²) in [6.07, 6.45) is 1.64. The summed E-state index contributed by atoms with van der Waals surface area (Å²) in [5.74, 6) is -0.771. The minimum Gasteiger partial charge on any atom is -0.468 e. The second-order valence-electron chi connectivity index (χ2n) is 6.04. The lowest BCUT2D eigenvalue weighted by molar-refractivity contribution is 0.475. The van der Waals surface area contributed by atoms with Crippen molar-refractivity contribution in [3.05, 3.63) is 59.8 Å². The third kappa shape index (κ3) is 4.28. The van der Waals surface area contributed by atoms with Crippen LogP contribution in [0.1, 0.15) is 17.7 Å². The van der Waals surface area contributed by atoms with Gasteiger partial charge in [0.05, 0.1) is 17.3 Å². The first-order chi connectivity index (χ1) is 11.8. The number of sulfone groups is 1. The first-order valence-corrected chi connectivity index (χ1v) is 11.0. The van der Waals surface area contributed by atoms with Crippen molar-refractivity contribution in [3.63, 3.8) is 0 Å². The zero-order chi connectivity index (χ0) is 18.1. The highest BCUT2D eigenvalue weighted by molar-refractivity contribution is 7.91. The van der Waals surface area contributed by atoms with E-state index in [-0.39, 0.29) is 31.0 Å². The number of sulfonamides is 1. The topological polar surface area (TPSA) is 84.7 Å². The molecule has 1 aromatic heterocycles. The highest BCUT2D eigenvalue weighted by atomic mass is 32.2. The minimum atomic E-state index is -3.71. The van der Waals surface area contributed by atoms with Gasteiger partial charge in [-0.2, -0.15) is 0 Å². The van der Waals surface area contributed by atoms with Gasteiger partial charge in [-0.05, 0) is 36.2 Å². The van der Waals surface area contributed by atoms with Crippen molar-refractivity contribution < 1.29 is 25.6 Å². The van der Waals surface area contributed by atoms with E-state index in [1.54, 1.807) is 12.1 Å². The largest absolute Gasteiger partial charge is 0.468 e. The van der Waals surface area contributed by atoms with Gasteiger partial charge in [-0.15, -0.1) is 0 Å². The lowest BCUT2D eigenvalue weighted by atomic mass is 10.2. The lowest BCUT2D eigenvalue weighted by Crippen LogP contribution is -2.33. The molecule has 0 amide bonds. The molecule has 3 rings (SSSR count). The van der Waals surface area contributed by atoms with Crippen LogP contribution in [0.25, 0.3) is 0 Å². The lowest BCUT2D eigenvalue weighted by Gasteiger charge is -2.16. The maximum absolute atomic E-state index is 13.2. The molecule has 1 aromatic carbocycles. The predicted octanol–water partition coefficient (Wildman–Crippen LogP) is 1.94. The van der Waals surface area contributed by atoms with Gasteiger partial charge in [0.2, 0.25) is 10.0 Å². The van der Waals surface area contributed by atoms with E-state index >= 15 is 0 Å². The summed E-state index contributed by atoms with van der Waals surface area (Å²) < 4.78 is 69.3. The summed E-state index contributed by atoms with van der Waals surface area (Å²) >= 11 is 0. The van der Waals surface area contributed by atoms with Crippen LogP contribution in [-0.4, -0.2) is 39.5 Å². The molecule has 25 heavy (non-hydrogen) atoms. The Kier molecular flexibility index (Phi) is 4.99. The van der Waals surface area contributed by atoms with E-state index in [4.69, 9.17) is 4.42 Å². The fraction of sp³-hybridized carbons (Fsp3) is 0.375. The van der Waals surface area contributed by atoms with E-state index in [2.05, 4.69) is 0 Å². The molecule has 6 nitrogen and oxygen atoms in total. The van der Waals surface area contributed by atoms with Crippen LogP contribution in [0.4, 0.5) is 4.39 Å². The Hall–Kier alpha value is -1.71. The monoisotopic (exact) mass is 387 g/mol.